The van der Waals surface area contributed by atoms with E-state index in [4.69, 9.17) is 0 Å². The van der Waals surface area contributed by atoms with E-state index in [9.17, 15) is 4.79 Å². The predicted molar refractivity (Wildman–Crippen MR) is 86.2 cm³/mol. The zero-order valence-electron chi connectivity index (χ0n) is 12.5. The van der Waals surface area contributed by atoms with Crippen LogP contribution in [-0.2, 0) is 11.2 Å². The molecule has 0 bridgehead atoms. The summed E-state index contributed by atoms with van der Waals surface area (Å²) in [5.41, 5.74) is 2.38. The summed E-state index contributed by atoms with van der Waals surface area (Å²) >= 11 is 0. The lowest BCUT2D eigenvalue weighted by molar-refractivity contribution is -0.121. The molecule has 1 saturated carbocycles. The highest BCUT2D eigenvalue weighted by Gasteiger charge is 2.14. The zero-order valence-corrected chi connectivity index (χ0v) is 12.5. The Bertz CT molecular complexity index is 596. The molecular weight excluding hydrogens is 260 g/mol. The second kappa shape index (κ2) is 6.79. The summed E-state index contributed by atoms with van der Waals surface area (Å²) in [6.45, 7) is 0.868. The number of benzene rings is 1. The number of fused-ring (bicyclic) bond motifs is 1. The summed E-state index contributed by atoms with van der Waals surface area (Å²) in [7, 11) is 0. The van der Waals surface area contributed by atoms with Gasteiger partial charge in [-0.3, -0.25) is 4.79 Å². The number of hydrogen-bond donors (Lipinski definition) is 2. The number of hydrogen-bond acceptors (Lipinski definition) is 1. The number of carbonyl (C=O) groups is 1. The van der Waals surface area contributed by atoms with Crippen LogP contribution < -0.4 is 5.32 Å². The van der Waals surface area contributed by atoms with Crippen LogP contribution in [0.15, 0.2) is 30.5 Å². The van der Waals surface area contributed by atoms with Crippen LogP contribution in [0.3, 0.4) is 0 Å². The van der Waals surface area contributed by atoms with Crippen molar-refractivity contribution in [1.29, 1.82) is 0 Å². The SMILES string of the molecule is O=C(CCc1c[nH]c2ccccc12)NCC1CCCCC1. The average molecular weight is 284 g/mol. The van der Waals surface area contributed by atoms with Crippen LogP contribution in [0.1, 0.15) is 44.1 Å². The Morgan fingerprint density at radius 1 is 1.19 bits per heavy atom. The molecule has 21 heavy (non-hydrogen) atoms. The van der Waals surface area contributed by atoms with Crippen LogP contribution >= 0.6 is 0 Å². The Hall–Kier alpha value is -1.77. The Morgan fingerprint density at radius 2 is 2.00 bits per heavy atom. The molecule has 1 aliphatic rings. The molecule has 0 unspecified atom stereocenters. The van der Waals surface area contributed by atoms with Crippen LogP contribution in [0.2, 0.25) is 0 Å². The van der Waals surface area contributed by atoms with Crippen molar-refractivity contribution in [3.63, 3.8) is 0 Å². The van der Waals surface area contributed by atoms with Crippen molar-refractivity contribution in [3.05, 3.63) is 36.0 Å². The standard InChI is InChI=1S/C18H24N2O/c21-18(20-12-14-6-2-1-3-7-14)11-10-15-13-19-17-9-5-4-8-16(15)17/h4-5,8-9,13-14,19H,1-3,6-7,10-12H2,(H,20,21). The molecule has 2 N–H and O–H groups in total. The molecule has 1 aromatic carbocycles. The minimum Gasteiger partial charge on any atom is -0.361 e. The van der Waals surface area contributed by atoms with E-state index in [0.717, 1.165) is 18.5 Å². The fraction of sp³-hybridized carbons (Fsp3) is 0.500. The first-order chi connectivity index (χ1) is 10.3. The topological polar surface area (TPSA) is 44.9 Å². The molecule has 3 rings (SSSR count). The largest absolute Gasteiger partial charge is 0.361 e. The molecule has 0 saturated heterocycles. The number of aromatic amines is 1. The first kappa shape index (κ1) is 14.2. The van der Waals surface area contributed by atoms with Crippen molar-refractivity contribution in [2.75, 3.05) is 6.54 Å². The molecule has 3 heteroatoms. The first-order valence-electron chi connectivity index (χ1n) is 8.14. The van der Waals surface area contributed by atoms with Gasteiger partial charge in [0.05, 0.1) is 0 Å². The lowest BCUT2D eigenvalue weighted by Crippen LogP contribution is -2.30. The number of aromatic nitrogens is 1. The Labute approximate surface area is 126 Å². The number of rotatable bonds is 5. The minimum absolute atomic E-state index is 0.186. The normalized spacial score (nSPS) is 16.2. The highest BCUT2D eigenvalue weighted by Crippen LogP contribution is 2.23. The fourth-order valence-corrected chi connectivity index (χ4v) is 3.32. The van der Waals surface area contributed by atoms with Gasteiger partial charge in [-0.1, -0.05) is 37.5 Å². The number of H-pyrrole nitrogens is 1. The third-order valence-electron chi connectivity index (χ3n) is 4.61. The maximum absolute atomic E-state index is 12.0. The second-order valence-electron chi connectivity index (χ2n) is 6.17. The van der Waals surface area contributed by atoms with Gasteiger partial charge in [-0.2, -0.15) is 0 Å². The summed E-state index contributed by atoms with van der Waals surface area (Å²) in [4.78, 5) is 15.3. The molecule has 0 atom stereocenters. The van der Waals surface area contributed by atoms with E-state index in [-0.39, 0.29) is 5.91 Å². The van der Waals surface area contributed by atoms with Crippen molar-refractivity contribution in [1.82, 2.24) is 10.3 Å². The quantitative estimate of drug-likeness (QED) is 0.862. The number of nitrogens with one attached hydrogen (secondary N) is 2. The minimum atomic E-state index is 0.186. The number of amides is 1. The van der Waals surface area contributed by atoms with Gasteiger partial charge in [0.25, 0.3) is 0 Å². The molecule has 1 aliphatic carbocycles. The van der Waals surface area contributed by atoms with E-state index in [1.807, 2.05) is 18.3 Å². The van der Waals surface area contributed by atoms with Gasteiger partial charge in [-0.15, -0.1) is 0 Å². The molecular formula is C18H24N2O. The van der Waals surface area contributed by atoms with Crippen LogP contribution in [0.25, 0.3) is 10.9 Å². The van der Waals surface area contributed by atoms with Crippen molar-refractivity contribution in [2.45, 2.75) is 44.9 Å². The van der Waals surface area contributed by atoms with Crippen LogP contribution in [0.5, 0.6) is 0 Å². The second-order valence-corrected chi connectivity index (χ2v) is 6.17. The molecule has 2 aromatic rings. The summed E-state index contributed by atoms with van der Waals surface area (Å²) in [6.07, 6.45) is 10.00. The van der Waals surface area contributed by atoms with Gasteiger partial charge in [0.2, 0.25) is 5.91 Å². The van der Waals surface area contributed by atoms with E-state index in [0.29, 0.717) is 12.3 Å². The van der Waals surface area contributed by atoms with Gasteiger partial charge in [0.1, 0.15) is 0 Å². The predicted octanol–water partition coefficient (Wildman–Crippen LogP) is 3.80. The molecule has 0 spiro atoms. The van der Waals surface area contributed by atoms with Crippen molar-refractivity contribution in [3.8, 4) is 0 Å². The third kappa shape index (κ3) is 3.66. The fourth-order valence-electron chi connectivity index (χ4n) is 3.32. The smallest absolute Gasteiger partial charge is 0.220 e. The van der Waals surface area contributed by atoms with E-state index in [1.165, 1.54) is 43.1 Å². The third-order valence-corrected chi connectivity index (χ3v) is 4.61. The van der Waals surface area contributed by atoms with Gasteiger partial charge < -0.3 is 10.3 Å². The summed E-state index contributed by atoms with van der Waals surface area (Å²) in [5, 5.41) is 4.35. The van der Waals surface area contributed by atoms with E-state index < -0.39 is 0 Å². The first-order valence-corrected chi connectivity index (χ1v) is 8.14. The molecule has 0 radical (unpaired) electrons. The van der Waals surface area contributed by atoms with Gasteiger partial charge in [-0.05, 0) is 36.8 Å². The van der Waals surface area contributed by atoms with Crippen molar-refractivity contribution in [2.24, 2.45) is 5.92 Å². The zero-order chi connectivity index (χ0) is 14.5. The molecule has 1 heterocycles. The molecule has 112 valence electrons. The monoisotopic (exact) mass is 284 g/mol. The van der Waals surface area contributed by atoms with Gasteiger partial charge in [0.15, 0.2) is 0 Å². The average Bonchev–Trinajstić information content (AvgIpc) is 2.95. The highest BCUT2D eigenvalue weighted by molar-refractivity contribution is 5.84. The Kier molecular flexibility index (Phi) is 4.59. The van der Waals surface area contributed by atoms with E-state index >= 15 is 0 Å². The highest BCUT2D eigenvalue weighted by atomic mass is 16.1. The maximum Gasteiger partial charge on any atom is 0.220 e. The lowest BCUT2D eigenvalue weighted by atomic mass is 9.89. The summed E-state index contributed by atoms with van der Waals surface area (Å²) < 4.78 is 0. The molecule has 1 fully saturated rings. The van der Waals surface area contributed by atoms with Crippen LogP contribution in [0, 0.1) is 5.92 Å². The van der Waals surface area contributed by atoms with E-state index in [1.54, 1.807) is 0 Å². The maximum atomic E-state index is 12.0. The van der Waals surface area contributed by atoms with Crippen molar-refractivity contribution >= 4 is 16.8 Å². The Morgan fingerprint density at radius 3 is 2.86 bits per heavy atom. The lowest BCUT2D eigenvalue weighted by Gasteiger charge is -2.21. The van der Waals surface area contributed by atoms with Crippen LogP contribution in [-0.4, -0.2) is 17.4 Å². The Balaban J connectivity index is 1.47. The summed E-state index contributed by atoms with van der Waals surface area (Å²) in [6, 6.07) is 8.26. The number of aryl methyl sites for hydroxylation is 1. The number of carbonyl (C=O) groups excluding carboxylic acids is 1. The van der Waals surface area contributed by atoms with E-state index in [2.05, 4.69) is 22.4 Å². The molecule has 1 aromatic heterocycles. The number of para-hydroxylation sites is 1. The van der Waals surface area contributed by atoms with Crippen LogP contribution in [0.4, 0.5) is 0 Å². The van der Waals surface area contributed by atoms with Crippen molar-refractivity contribution < 1.29 is 4.79 Å². The molecule has 3 nitrogen and oxygen atoms in total. The van der Waals surface area contributed by atoms with Gasteiger partial charge in [0, 0.05) is 30.1 Å². The molecule has 0 aliphatic heterocycles. The van der Waals surface area contributed by atoms with Gasteiger partial charge in [-0.25, -0.2) is 0 Å². The molecule has 1 amide bonds. The summed E-state index contributed by atoms with van der Waals surface area (Å²) in [5.74, 6) is 0.890. The van der Waals surface area contributed by atoms with Gasteiger partial charge >= 0.3 is 0 Å².